The Balaban J connectivity index is 2.02. The van der Waals surface area contributed by atoms with Gasteiger partial charge >= 0.3 is 0 Å². The van der Waals surface area contributed by atoms with Gasteiger partial charge in [-0.1, -0.05) is 41.9 Å². The second-order valence-corrected chi connectivity index (χ2v) is 4.80. The summed E-state index contributed by atoms with van der Waals surface area (Å²) in [6, 6.07) is 15.8. The van der Waals surface area contributed by atoms with Crippen molar-refractivity contribution < 1.29 is 4.74 Å². The number of halogens is 1. The van der Waals surface area contributed by atoms with E-state index in [-0.39, 0.29) is 0 Å². The van der Waals surface area contributed by atoms with E-state index in [1.807, 2.05) is 37.4 Å². The van der Waals surface area contributed by atoms with Crippen LogP contribution < -0.4 is 10.1 Å². The Kier molecular flexibility index (Phi) is 5.25. The summed E-state index contributed by atoms with van der Waals surface area (Å²) < 4.78 is 5.79. The minimum Gasteiger partial charge on any atom is -0.489 e. The number of hydrogen-bond acceptors (Lipinski definition) is 2. The SMILES string of the molecule is CNCCc1ccccc1COc1cccc(Cl)c1. The fourth-order valence-corrected chi connectivity index (χ4v) is 2.10. The highest BCUT2D eigenvalue weighted by Crippen LogP contribution is 2.19. The Morgan fingerprint density at radius 2 is 1.84 bits per heavy atom. The third kappa shape index (κ3) is 4.27. The van der Waals surface area contributed by atoms with Gasteiger partial charge in [-0.15, -0.1) is 0 Å². The van der Waals surface area contributed by atoms with Crippen molar-refractivity contribution in [1.82, 2.24) is 5.32 Å². The van der Waals surface area contributed by atoms with Gasteiger partial charge in [0.05, 0.1) is 0 Å². The zero-order valence-electron chi connectivity index (χ0n) is 11.0. The molecule has 1 N–H and O–H groups in total. The van der Waals surface area contributed by atoms with Gasteiger partial charge in [-0.05, 0) is 49.3 Å². The first-order valence-corrected chi connectivity index (χ1v) is 6.77. The molecule has 2 aromatic carbocycles. The molecule has 0 spiro atoms. The van der Waals surface area contributed by atoms with Crippen LogP contribution >= 0.6 is 11.6 Å². The second kappa shape index (κ2) is 7.17. The molecule has 2 nitrogen and oxygen atoms in total. The second-order valence-electron chi connectivity index (χ2n) is 4.37. The van der Waals surface area contributed by atoms with Crippen molar-refractivity contribution in [2.75, 3.05) is 13.6 Å². The maximum atomic E-state index is 5.94. The van der Waals surface area contributed by atoms with Crippen LogP contribution in [-0.4, -0.2) is 13.6 Å². The highest BCUT2D eigenvalue weighted by molar-refractivity contribution is 6.30. The van der Waals surface area contributed by atoms with Crippen LogP contribution in [0, 0.1) is 0 Å². The number of benzene rings is 2. The van der Waals surface area contributed by atoms with E-state index in [0.29, 0.717) is 11.6 Å². The summed E-state index contributed by atoms with van der Waals surface area (Å²) in [4.78, 5) is 0. The summed E-state index contributed by atoms with van der Waals surface area (Å²) >= 11 is 5.94. The predicted octanol–water partition coefficient (Wildman–Crippen LogP) is 3.68. The van der Waals surface area contributed by atoms with Gasteiger partial charge < -0.3 is 10.1 Å². The van der Waals surface area contributed by atoms with Gasteiger partial charge in [-0.3, -0.25) is 0 Å². The number of likely N-dealkylation sites (N-methyl/N-ethyl adjacent to an activating group) is 1. The van der Waals surface area contributed by atoms with Crippen molar-refractivity contribution >= 4 is 11.6 Å². The number of hydrogen-bond donors (Lipinski definition) is 1. The summed E-state index contributed by atoms with van der Waals surface area (Å²) in [5.74, 6) is 0.802. The van der Waals surface area contributed by atoms with E-state index in [1.165, 1.54) is 11.1 Å². The molecule has 2 rings (SSSR count). The Bertz CT molecular complexity index is 528. The summed E-state index contributed by atoms with van der Waals surface area (Å²) in [7, 11) is 1.96. The first kappa shape index (κ1) is 13.9. The fraction of sp³-hybridized carbons (Fsp3) is 0.250. The van der Waals surface area contributed by atoms with Crippen LogP contribution in [0.3, 0.4) is 0 Å². The Morgan fingerprint density at radius 1 is 1.05 bits per heavy atom. The third-order valence-corrected chi connectivity index (χ3v) is 3.19. The molecule has 0 aliphatic carbocycles. The molecule has 3 heteroatoms. The quantitative estimate of drug-likeness (QED) is 0.868. The van der Waals surface area contributed by atoms with Crippen LogP contribution in [0.5, 0.6) is 5.75 Å². The molecule has 2 aromatic rings. The van der Waals surface area contributed by atoms with E-state index in [0.717, 1.165) is 18.7 Å². The fourth-order valence-electron chi connectivity index (χ4n) is 1.92. The van der Waals surface area contributed by atoms with Crippen molar-refractivity contribution in [3.05, 3.63) is 64.7 Å². The molecule has 0 bridgehead atoms. The number of rotatable bonds is 6. The molecule has 0 fully saturated rings. The van der Waals surface area contributed by atoms with E-state index in [1.54, 1.807) is 0 Å². The topological polar surface area (TPSA) is 21.3 Å². The van der Waals surface area contributed by atoms with Crippen molar-refractivity contribution in [2.45, 2.75) is 13.0 Å². The third-order valence-electron chi connectivity index (χ3n) is 2.95. The highest BCUT2D eigenvalue weighted by Gasteiger charge is 2.02. The van der Waals surface area contributed by atoms with Crippen LogP contribution in [0.25, 0.3) is 0 Å². The Labute approximate surface area is 119 Å². The van der Waals surface area contributed by atoms with Crippen LogP contribution in [0.4, 0.5) is 0 Å². The number of ether oxygens (including phenoxy) is 1. The monoisotopic (exact) mass is 275 g/mol. The van der Waals surface area contributed by atoms with Gasteiger partial charge in [0.1, 0.15) is 12.4 Å². The van der Waals surface area contributed by atoms with Crippen LogP contribution in [-0.2, 0) is 13.0 Å². The van der Waals surface area contributed by atoms with Crippen molar-refractivity contribution in [3.63, 3.8) is 0 Å². The van der Waals surface area contributed by atoms with E-state index in [9.17, 15) is 0 Å². The molecular formula is C16H18ClNO. The molecule has 0 aliphatic rings. The van der Waals surface area contributed by atoms with Gasteiger partial charge in [0.25, 0.3) is 0 Å². The Morgan fingerprint density at radius 3 is 2.58 bits per heavy atom. The maximum absolute atomic E-state index is 5.94. The van der Waals surface area contributed by atoms with Crippen molar-refractivity contribution in [3.8, 4) is 5.75 Å². The number of nitrogens with one attached hydrogen (secondary N) is 1. The highest BCUT2D eigenvalue weighted by atomic mass is 35.5. The van der Waals surface area contributed by atoms with Gasteiger partial charge in [0.15, 0.2) is 0 Å². The first-order valence-electron chi connectivity index (χ1n) is 6.39. The molecule has 0 saturated heterocycles. The lowest BCUT2D eigenvalue weighted by Gasteiger charge is -2.11. The summed E-state index contributed by atoms with van der Waals surface area (Å²) in [6.07, 6.45) is 1.01. The molecule has 0 radical (unpaired) electrons. The molecule has 0 aromatic heterocycles. The van der Waals surface area contributed by atoms with Gasteiger partial charge in [-0.25, -0.2) is 0 Å². The average molecular weight is 276 g/mol. The Hall–Kier alpha value is -1.51. The average Bonchev–Trinajstić information content (AvgIpc) is 2.44. The molecule has 0 amide bonds. The molecule has 0 aliphatic heterocycles. The first-order chi connectivity index (χ1) is 9.29. The van der Waals surface area contributed by atoms with Crippen molar-refractivity contribution in [1.29, 1.82) is 0 Å². The zero-order chi connectivity index (χ0) is 13.5. The molecule has 0 atom stereocenters. The molecular weight excluding hydrogens is 258 g/mol. The molecule has 19 heavy (non-hydrogen) atoms. The summed E-state index contributed by atoms with van der Waals surface area (Å²) in [6.45, 7) is 1.54. The molecule has 0 saturated carbocycles. The molecule has 100 valence electrons. The van der Waals surface area contributed by atoms with Gasteiger partial charge in [0, 0.05) is 5.02 Å². The van der Waals surface area contributed by atoms with Gasteiger partial charge in [0.2, 0.25) is 0 Å². The largest absolute Gasteiger partial charge is 0.489 e. The summed E-state index contributed by atoms with van der Waals surface area (Å²) in [5.41, 5.74) is 2.54. The summed E-state index contributed by atoms with van der Waals surface area (Å²) in [5, 5.41) is 3.86. The maximum Gasteiger partial charge on any atom is 0.121 e. The minimum absolute atomic E-state index is 0.570. The van der Waals surface area contributed by atoms with E-state index >= 15 is 0 Å². The normalized spacial score (nSPS) is 10.4. The zero-order valence-corrected chi connectivity index (χ0v) is 11.8. The van der Waals surface area contributed by atoms with Crippen LogP contribution in [0.1, 0.15) is 11.1 Å². The van der Waals surface area contributed by atoms with Crippen LogP contribution in [0.15, 0.2) is 48.5 Å². The van der Waals surface area contributed by atoms with E-state index in [4.69, 9.17) is 16.3 Å². The van der Waals surface area contributed by atoms with E-state index < -0.39 is 0 Å². The smallest absolute Gasteiger partial charge is 0.121 e. The molecule has 0 unspecified atom stereocenters. The predicted molar refractivity (Wildman–Crippen MR) is 79.9 cm³/mol. The lowest BCUT2D eigenvalue weighted by Crippen LogP contribution is -2.12. The lowest BCUT2D eigenvalue weighted by molar-refractivity contribution is 0.305. The molecule has 0 heterocycles. The van der Waals surface area contributed by atoms with Gasteiger partial charge in [-0.2, -0.15) is 0 Å². The van der Waals surface area contributed by atoms with E-state index in [2.05, 4.69) is 23.5 Å². The minimum atomic E-state index is 0.570. The van der Waals surface area contributed by atoms with Crippen molar-refractivity contribution in [2.24, 2.45) is 0 Å². The standard InChI is InChI=1S/C16H18ClNO/c1-18-10-9-13-5-2-3-6-14(13)12-19-16-8-4-7-15(17)11-16/h2-8,11,18H,9-10,12H2,1H3. The van der Waals surface area contributed by atoms with Crippen LogP contribution in [0.2, 0.25) is 5.02 Å². The lowest BCUT2D eigenvalue weighted by atomic mass is 10.1.